The van der Waals surface area contributed by atoms with Crippen LogP contribution in [0.15, 0.2) is 5.38 Å². The summed E-state index contributed by atoms with van der Waals surface area (Å²) in [6.07, 6.45) is 3.56. The van der Waals surface area contributed by atoms with E-state index < -0.39 is 0 Å². The third-order valence-corrected chi connectivity index (χ3v) is 3.82. The third-order valence-electron chi connectivity index (χ3n) is 2.59. The number of thiazole rings is 1. The summed E-state index contributed by atoms with van der Waals surface area (Å²) in [7, 11) is 2.20. The molecule has 0 unspecified atom stereocenters. The zero-order valence-corrected chi connectivity index (χ0v) is 12.7. The van der Waals surface area contributed by atoms with Gasteiger partial charge in [0.2, 0.25) is 0 Å². The molecule has 0 saturated heterocycles. The predicted octanol–water partition coefficient (Wildman–Crippen LogP) is 3.79. The lowest BCUT2D eigenvalue weighted by Gasteiger charge is -2.18. The van der Waals surface area contributed by atoms with E-state index in [0.29, 0.717) is 5.88 Å². The van der Waals surface area contributed by atoms with Gasteiger partial charge in [0.1, 0.15) is 0 Å². The molecule has 0 spiro atoms. The highest BCUT2D eigenvalue weighted by Gasteiger charge is 2.03. The van der Waals surface area contributed by atoms with Gasteiger partial charge in [-0.05, 0) is 38.8 Å². The molecule has 98 valence electrons. The molecule has 0 aliphatic carbocycles. The lowest BCUT2D eigenvalue weighted by Crippen LogP contribution is -2.24. The van der Waals surface area contributed by atoms with Gasteiger partial charge in [-0.1, -0.05) is 13.8 Å². The van der Waals surface area contributed by atoms with Crippen LogP contribution in [-0.4, -0.2) is 30.0 Å². The summed E-state index contributed by atoms with van der Waals surface area (Å²) in [5.41, 5.74) is 1.02. The largest absolute Gasteiger partial charge is 0.306 e. The van der Waals surface area contributed by atoms with Crippen molar-refractivity contribution in [2.75, 3.05) is 20.1 Å². The number of unbranched alkanes of at least 4 members (excludes halogenated alkanes) is 1. The molecule has 0 saturated carbocycles. The Balaban J connectivity index is 2.11. The molecule has 0 aromatic carbocycles. The Kier molecular flexibility index (Phi) is 7.09. The van der Waals surface area contributed by atoms with E-state index in [9.17, 15) is 0 Å². The first-order chi connectivity index (χ1) is 8.11. The molecule has 1 aromatic heterocycles. The second-order valence-electron chi connectivity index (χ2n) is 4.98. The average Bonchev–Trinajstić information content (AvgIpc) is 2.71. The second kappa shape index (κ2) is 8.06. The summed E-state index contributed by atoms with van der Waals surface area (Å²) in [6, 6.07) is 0. The highest BCUT2D eigenvalue weighted by Crippen LogP contribution is 2.14. The highest BCUT2D eigenvalue weighted by molar-refractivity contribution is 7.09. The van der Waals surface area contributed by atoms with Gasteiger partial charge in [-0.15, -0.1) is 22.9 Å². The Morgan fingerprint density at radius 1 is 1.41 bits per heavy atom. The van der Waals surface area contributed by atoms with Crippen molar-refractivity contribution in [3.63, 3.8) is 0 Å². The van der Waals surface area contributed by atoms with Crippen LogP contribution in [0.3, 0.4) is 0 Å². The van der Waals surface area contributed by atoms with Crippen LogP contribution >= 0.6 is 22.9 Å². The van der Waals surface area contributed by atoms with Crippen molar-refractivity contribution in [2.45, 2.75) is 39.0 Å². The molecule has 1 aromatic rings. The molecule has 0 N–H and O–H groups in total. The van der Waals surface area contributed by atoms with E-state index in [1.807, 2.05) is 0 Å². The Hall–Kier alpha value is -0.120. The normalized spacial score (nSPS) is 11.6. The van der Waals surface area contributed by atoms with E-state index in [1.54, 1.807) is 11.3 Å². The summed E-state index contributed by atoms with van der Waals surface area (Å²) in [5, 5.41) is 3.29. The molecule has 4 heteroatoms. The van der Waals surface area contributed by atoms with Gasteiger partial charge < -0.3 is 4.90 Å². The predicted molar refractivity (Wildman–Crippen MR) is 76.9 cm³/mol. The number of hydrogen-bond acceptors (Lipinski definition) is 3. The molecule has 0 radical (unpaired) electrons. The highest BCUT2D eigenvalue weighted by atomic mass is 35.5. The van der Waals surface area contributed by atoms with Crippen LogP contribution in [0.4, 0.5) is 0 Å². The van der Waals surface area contributed by atoms with Crippen molar-refractivity contribution >= 4 is 22.9 Å². The fourth-order valence-corrected chi connectivity index (χ4v) is 2.97. The van der Waals surface area contributed by atoms with Crippen molar-refractivity contribution in [1.29, 1.82) is 0 Å². The van der Waals surface area contributed by atoms with Crippen LogP contribution in [-0.2, 0) is 12.3 Å². The molecule has 0 aliphatic heterocycles. The van der Waals surface area contributed by atoms with Gasteiger partial charge in [0.25, 0.3) is 0 Å². The average molecular weight is 275 g/mol. The molecule has 0 atom stereocenters. The maximum absolute atomic E-state index is 5.73. The first-order valence-corrected chi connectivity index (χ1v) is 7.71. The number of rotatable bonds is 8. The molecule has 17 heavy (non-hydrogen) atoms. The monoisotopic (exact) mass is 274 g/mol. The summed E-state index contributed by atoms with van der Waals surface area (Å²) in [5.74, 6) is 1.29. The smallest absolute Gasteiger partial charge is 0.0928 e. The van der Waals surface area contributed by atoms with Crippen molar-refractivity contribution in [3.05, 3.63) is 16.1 Å². The lowest BCUT2D eigenvalue weighted by molar-refractivity contribution is 0.290. The Morgan fingerprint density at radius 3 is 2.76 bits per heavy atom. The molecule has 1 heterocycles. The second-order valence-corrected chi connectivity index (χ2v) is 6.19. The number of nitrogens with zero attached hydrogens (tertiary/aromatic N) is 2. The molecule has 0 amide bonds. The van der Waals surface area contributed by atoms with Crippen LogP contribution in [0.2, 0.25) is 0 Å². The van der Waals surface area contributed by atoms with Gasteiger partial charge in [0.15, 0.2) is 0 Å². The molecule has 0 bridgehead atoms. The number of aryl methyl sites for hydroxylation is 1. The van der Waals surface area contributed by atoms with Crippen LogP contribution in [0, 0.1) is 5.92 Å². The summed E-state index contributed by atoms with van der Waals surface area (Å²) < 4.78 is 0. The quantitative estimate of drug-likeness (QED) is 0.530. The van der Waals surface area contributed by atoms with E-state index in [1.165, 1.54) is 30.9 Å². The maximum Gasteiger partial charge on any atom is 0.0928 e. The molecule has 1 rings (SSSR count). The standard InChI is InChI=1S/C13H23ClN2S/c1-11(2)9-16(3)7-5-4-6-13-15-12(8-14)10-17-13/h10-11H,4-9H2,1-3H3. The van der Waals surface area contributed by atoms with Crippen LogP contribution in [0.5, 0.6) is 0 Å². The molecule has 2 nitrogen and oxygen atoms in total. The van der Waals surface area contributed by atoms with Gasteiger partial charge in [-0.3, -0.25) is 0 Å². The Bertz CT molecular complexity index is 312. The lowest BCUT2D eigenvalue weighted by atomic mass is 10.2. The van der Waals surface area contributed by atoms with Crippen LogP contribution in [0.1, 0.15) is 37.4 Å². The maximum atomic E-state index is 5.73. The van der Waals surface area contributed by atoms with E-state index in [2.05, 4.69) is 36.2 Å². The van der Waals surface area contributed by atoms with Crippen molar-refractivity contribution in [2.24, 2.45) is 5.92 Å². The van der Waals surface area contributed by atoms with Crippen molar-refractivity contribution in [1.82, 2.24) is 9.88 Å². The zero-order valence-electron chi connectivity index (χ0n) is 11.1. The molecular weight excluding hydrogens is 252 g/mol. The SMILES string of the molecule is CC(C)CN(C)CCCCc1nc(CCl)cs1. The van der Waals surface area contributed by atoms with E-state index in [0.717, 1.165) is 18.0 Å². The fraction of sp³-hybridized carbons (Fsp3) is 0.769. The Morgan fingerprint density at radius 2 is 2.18 bits per heavy atom. The van der Waals surface area contributed by atoms with Gasteiger partial charge in [-0.25, -0.2) is 4.98 Å². The van der Waals surface area contributed by atoms with Gasteiger partial charge >= 0.3 is 0 Å². The first-order valence-electron chi connectivity index (χ1n) is 6.29. The summed E-state index contributed by atoms with van der Waals surface area (Å²) >= 11 is 7.46. The minimum atomic E-state index is 0.535. The number of aromatic nitrogens is 1. The number of alkyl halides is 1. The van der Waals surface area contributed by atoms with Crippen molar-refractivity contribution < 1.29 is 0 Å². The summed E-state index contributed by atoms with van der Waals surface area (Å²) in [6.45, 7) is 6.90. The van der Waals surface area contributed by atoms with Crippen LogP contribution in [0.25, 0.3) is 0 Å². The van der Waals surface area contributed by atoms with E-state index in [4.69, 9.17) is 11.6 Å². The molecule has 0 aliphatic rings. The van der Waals surface area contributed by atoms with E-state index >= 15 is 0 Å². The molecule has 0 fully saturated rings. The first kappa shape index (κ1) is 14.9. The topological polar surface area (TPSA) is 16.1 Å². The van der Waals surface area contributed by atoms with Gasteiger partial charge in [0.05, 0.1) is 16.6 Å². The fourth-order valence-electron chi connectivity index (χ4n) is 1.90. The van der Waals surface area contributed by atoms with Gasteiger partial charge in [-0.2, -0.15) is 0 Å². The van der Waals surface area contributed by atoms with Crippen molar-refractivity contribution in [3.8, 4) is 0 Å². The van der Waals surface area contributed by atoms with Crippen LogP contribution < -0.4 is 0 Å². The number of hydrogen-bond donors (Lipinski definition) is 0. The minimum absolute atomic E-state index is 0.535. The third kappa shape index (κ3) is 6.39. The summed E-state index contributed by atoms with van der Waals surface area (Å²) in [4.78, 5) is 6.88. The zero-order chi connectivity index (χ0) is 12.7. The number of halogens is 1. The Labute approximate surface area is 114 Å². The van der Waals surface area contributed by atoms with Gasteiger partial charge in [0, 0.05) is 11.9 Å². The van der Waals surface area contributed by atoms with E-state index in [-0.39, 0.29) is 0 Å². The minimum Gasteiger partial charge on any atom is -0.306 e. The molecular formula is C13H23ClN2S.